The largest absolute Gasteiger partial charge is 0.487 e. The number of nitrogens with one attached hydrogen (secondary N) is 1. The summed E-state index contributed by atoms with van der Waals surface area (Å²) < 4.78 is 98.1. The van der Waals surface area contributed by atoms with E-state index in [1.807, 2.05) is 0 Å². The quantitative estimate of drug-likeness (QED) is 0.327. The second-order valence-electron chi connectivity index (χ2n) is 10.2. The minimum atomic E-state index is -4.54. The number of halogens is 7. The minimum absolute atomic E-state index is 0.0848. The molecule has 3 saturated carbocycles. The molecule has 39 heavy (non-hydrogen) atoms. The van der Waals surface area contributed by atoms with E-state index in [9.17, 15) is 45.4 Å². The Kier molecular flexibility index (Phi) is 6.07. The highest BCUT2D eigenvalue weighted by molar-refractivity contribution is 6.05. The molecule has 3 aliphatic rings. The van der Waals surface area contributed by atoms with Gasteiger partial charge in [0.25, 0.3) is 5.91 Å². The van der Waals surface area contributed by atoms with E-state index < -0.39 is 71.7 Å². The molecule has 3 aromatic carbocycles. The number of carbonyl (C=O) groups is 2. The number of benzene rings is 3. The van der Waals surface area contributed by atoms with Crippen LogP contribution < -0.4 is 10.1 Å². The van der Waals surface area contributed by atoms with Crippen LogP contribution in [0.25, 0.3) is 10.8 Å². The highest BCUT2D eigenvalue weighted by Gasteiger charge is 2.81. The van der Waals surface area contributed by atoms with E-state index in [4.69, 9.17) is 4.74 Å². The molecule has 3 aromatic rings. The lowest BCUT2D eigenvalue weighted by Crippen LogP contribution is -2.75. The summed E-state index contributed by atoms with van der Waals surface area (Å²) in [6.07, 6.45) is -10.2. The van der Waals surface area contributed by atoms with Crippen molar-refractivity contribution in [1.29, 1.82) is 0 Å². The third-order valence-corrected chi connectivity index (χ3v) is 7.65. The SMILES string of the molecule is O=C(NC(C(=O)O)C12CC(C(F)(F)F)(C1)C2)c1ccc2cc(F)ccc2c1OCc1ccc(C(F)(F)F)cc1. The van der Waals surface area contributed by atoms with Crippen molar-refractivity contribution in [3.63, 3.8) is 0 Å². The molecular weight excluding hydrogens is 535 g/mol. The fraction of sp³-hybridized carbons (Fsp3) is 0.333. The molecular formula is C27H20F7NO4. The Morgan fingerprint density at radius 3 is 2.15 bits per heavy atom. The van der Waals surface area contributed by atoms with E-state index in [0.717, 1.165) is 18.2 Å². The van der Waals surface area contributed by atoms with Crippen LogP contribution in [-0.4, -0.2) is 29.2 Å². The predicted molar refractivity (Wildman–Crippen MR) is 123 cm³/mol. The normalized spacial score (nSPS) is 22.9. The van der Waals surface area contributed by atoms with E-state index >= 15 is 0 Å². The lowest BCUT2D eigenvalue weighted by Gasteiger charge is -2.72. The number of carboxylic acid groups (broad SMARTS) is 1. The first-order valence-electron chi connectivity index (χ1n) is 11.8. The van der Waals surface area contributed by atoms with Gasteiger partial charge in [-0.1, -0.05) is 18.2 Å². The Labute approximate surface area is 216 Å². The molecule has 3 fully saturated rings. The zero-order valence-corrected chi connectivity index (χ0v) is 19.9. The van der Waals surface area contributed by atoms with E-state index in [-0.39, 0.29) is 23.3 Å². The van der Waals surface area contributed by atoms with Crippen molar-refractivity contribution in [3.05, 3.63) is 77.1 Å². The van der Waals surface area contributed by atoms with Gasteiger partial charge in [0.1, 0.15) is 24.2 Å². The average molecular weight is 555 g/mol. The first kappa shape index (κ1) is 26.8. The molecule has 0 radical (unpaired) electrons. The molecule has 1 amide bonds. The van der Waals surface area contributed by atoms with E-state index in [2.05, 4.69) is 5.32 Å². The van der Waals surface area contributed by atoms with Crippen LogP contribution in [0.1, 0.15) is 40.7 Å². The summed E-state index contributed by atoms with van der Waals surface area (Å²) in [6, 6.07) is 8.77. The Morgan fingerprint density at radius 2 is 1.59 bits per heavy atom. The molecule has 206 valence electrons. The summed E-state index contributed by atoms with van der Waals surface area (Å²) in [5.74, 6) is -3.07. The lowest BCUT2D eigenvalue weighted by atomic mass is 9.33. The Hall–Kier alpha value is -3.83. The summed E-state index contributed by atoms with van der Waals surface area (Å²) in [5, 5.41) is 12.7. The molecule has 5 nitrogen and oxygen atoms in total. The Bertz CT molecular complexity index is 1440. The third-order valence-electron chi connectivity index (χ3n) is 7.65. The molecule has 1 unspecified atom stereocenters. The van der Waals surface area contributed by atoms with Crippen molar-refractivity contribution in [2.45, 2.75) is 44.3 Å². The maximum absolute atomic E-state index is 13.8. The van der Waals surface area contributed by atoms with Gasteiger partial charge in [-0.3, -0.25) is 4.79 Å². The number of hydrogen-bond donors (Lipinski definition) is 2. The van der Waals surface area contributed by atoms with Crippen LogP contribution in [0.2, 0.25) is 0 Å². The highest BCUT2D eigenvalue weighted by Crippen LogP contribution is 2.79. The number of ether oxygens (including phenoxy) is 1. The first-order chi connectivity index (χ1) is 18.1. The van der Waals surface area contributed by atoms with E-state index in [0.29, 0.717) is 10.9 Å². The van der Waals surface area contributed by atoms with Crippen LogP contribution >= 0.6 is 0 Å². The summed E-state index contributed by atoms with van der Waals surface area (Å²) in [6.45, 7) is -0.282. The van der Waals surface area contributed by atoms with Crippen molar-refractivity contribution >= 4 is 22.6 Å². The zero-order chi connectivity index (χ0) is 28.4. The highest BCUT2D eigenvalue weighted by atomic mass is 19.4. The molecule has 2 N–H and O–H groups in total. The van der Waals surface area contributed by atoms with Crippen LogP contribution in [0.5, 0.6) is 5.75 Å². The molecule has 2 bridgehead atoms. The molecule has 1 atom stereocenters. The van der Waals surface area contributed by atoms with Crippen molar-refractivity contribution < 1.29 is 50.2 Å². The maximum atomic E-state index is 13.8. The van der Waals surface area contributed by atoms with Crippen LogP contribution in [0.15, 0.2) is 54.6 Å². The molecule has 0 saturated heterocycles. The van der Waals surface area contributed by atoms with Gasteiger partial charge in [-0.15, -0.1) is 0 Å². The number of rotatable bonds is 7. The van der Waals surface area contributed by atoms with Crippen molar-refractivity contribution in [1.82, 2.24) is 5.32 Å². The predicted octanol–water partition coefficient (Wildman–Crippen LogP) is 6.49. The van der Waals surface area contributed by atoms with E-state index in [1.165, 1.54) is 36.4 Å². The summed E-state index contributed by atoms with van der Waals surface area (Å²) in [7, 11) is 0. The summed E-state index contributed by atoms with van der Waals surface area (Å²) in [5.41, 5.74) is -3.85. The average Bonchev–Trinajstić information content (AvgIpc) is 2.78. The van der Waals surface area contributed by atoms with Crippen molar-refractivity contribution in [2.75, 3.05) is 0 Å². The van der Waals surface area contributed by atoms with Gasteiger partial charge in [0.15, 0.2) is 0 Å². The molecule has 3 aliphatic carbocycles. The second-order valence-corrected chi connectivity index (χ2v) is 10.2. The number of fused-ring (bicyclic) bond motifs is 1. The summed E-state index contributed by atoms with van der Waals surface area (Å²) >= 11 is 0. The monoisotopic (exact) mass is 555 g/mol. The summed E-state index contributed by atoms with van der Waals surface area (Å²) in [4.78, 5) is 25.2. The maximum Gasteiger partial charge on any atom is 0.416 e. The van der Waals surface area contributed by atoms with Crippen LogP contribution in [-0.2, 0) is 17.6 Å². The topological polar surface area (TPSA) is 75.6 Å². The number of carbonyl (C=O) groups excluding carboxylic acids is 1. The number of amides is 1. The standard InChI is InChI=1S/C27H20F7NO4/c28-17-6-8-18-15(9-17)3-7-19(20(18)39-10-14-1-4-16(5-2-14)26(29,30)31)22(36)35-21(23(37)38)24-11-25(12-24,13-24)27(32,33)34/h1-9,21H,10-13H2,(H,35,36)(H,37,38). The fourth-order valence-corrected chi connectivity index (χ4v) is 5.71. The van der Waals surface area contributed by atoms with Crippen molar-refractivity contribution in [3.8, 4) is 5.75 Å². The van der Waals surface area contributed by atoms with Gasteiger partial charge in [0.2, 0.25) is 0 Å². The second kappa shape index (κ2) is 8.85. The van der Waals surface area contributed by atoms with E-state index in [1.54, 1.807) is 0 Å². The molecule has 0 aliphatic heterocycles. The van der Waals surface area contributed by atoms with Gasteiger partial charge < -0.3 is 15.2 Å². The van der Waals surface area contributed by atoms with Gasteiger partial charge in [-0.2, -0.15) is 26.3 Å². The lowest BCUT2D eigenvalue weighted by molar-refractivity contribution is -0.367. The molecule has 0 heterocycles. The number of alkyl halides is 6. The van der Waals surface area contributed by atoms with Gasteiger partial charge in [-0.25, -0.2) is 9.18 Å². The van der Waals surface area contributed by atoms with Crippen LogP contribution in [0.4, 0.5) is 30.7 Å². The molecule has 0 spiro atoms. The van der Waals surface area contributed by atoms with Crippen LogP contribution in [0.3, 0.4) is 0 Å². The van der Waals surface area contributed by atoms with Gasteiger partial charge >= 0.3 is 18.3 Å². The van der Waals surface area contributed by atoms with Gasteiger partial charge in [0.05, 0.1) is 16.5 Å². The van der Waals surface area contributed by atoms with Gasteiger partial charge in [0, 0.05) is 10.8 Å². The molecule has 6 rings (SSSR count). The number of hydrogen-bond acceptors (Lipinski definition) is 3. The third kappa shape index (κ3) is 4.55. The Morgan fingerprint density at radius 1 is 0.949 bits per heavy atom. The fourth-order valence-electron chi connectivity index (χ4n) is 5.71. The molecule has 0 aromatic heterocycles. The number of aliphatic carboxylic acids is 1. The molecule has 12 heteroatoms. The number of carboxylic acids is 1. The first-order valence-corrected chi connectivity index (χ1v) is 11.8. The smallest absolute Gasteiger partial charge is 0.416 e. The van der Waals surface area contributed by atoms with Gasteiger partial charge in [-0.05, 0) is 66.6 Å². The minimum Gasteiger partial charge on any atom is -0.487 e. The zero-order valence-electron chi connectivity index (χ0n) is 19.9. The van der Waals surface area contributed by atoms with Crippen LogP contribution in [0, 0.1) is 16.6 Å². The Balaban J connectivity index is 1.41. The van der Waals surface area contributed by atoms with Crippen molar-refractivity contribution in [2.24, 2.45) is 10.8 Å².